The van der Waals surface area contributed by atoms with Gasteiger partial charge in [-0.2, -0.15) is 0 Å². The first-order chi connectivity index (χ1) is 11.8. The first-order valence-corrected chi connectivity index (χ1v) is 9.47. The van der Waals surface area contributed by atoms with Gasteiger partial charge in [0.2, 0.25) is 0 Å². The number of para-hydroxylation sites is 1. The molecule has 0 aliphatic carbocycles. The van der Waals surface area contributed by atoms with Crippen LogP contribution >= 0.6 is 22.7 Å². The van der Waals surface area contributed by atoms with Crippen molar-refractivity contribution in [3.05, 3.63) is 80.8 Å². The van der Waals surface area contributed by atoms with Gasteiger partial charge in [-0.3, -0.25) is 4.79 Å². The van der Waals surface area contributed by atoms with Gasteiger partial charge in [-0.15, -0.1) is 22.7 Å². The number of benzene rings is 1. The lowest BCUT2D eigenvalue weighted by molar-refractivity contribution is 0.0728. The van der Waals surface area contributed by atoms with E-state index < -0.39 is 0 Å². The van der Waals surface area contributed by atoms with E-state index in [1.54, 1.807) is 22.7 Å². The Bertz CT molecular complexity index is 870. The summed E-state index contributed by atoms with van der Waals surface area (Å²) in [6, 6.07) is 18.1. The topological polar surface area (TPSA) is 36.1 Å². The number of rotatable bonds is 5. The molecule has 0 aliphatic rings. The summed E-state index contributed by atoms with van der Waals surface area (Å²) in [5.74, 6) is 0.0352. The van der Waals surface area contributed by atoms with Gasteiger partial charge in [0.15, 0.2) is 0 Å². The maximum Gasteiger partial charge on any atom is 0.270 e. The Labute approximate surface area is 148 Å². The molecule has 1 aromatic carbocycles. The molecule has 1 N–H and O–H groups in total. The van der Waals surface area contributed by atoms with Crippen LogP contribution in [0.25, 0.3) is 10.9 Å². The number of fused-ring (bicyclic) bond motifs is 1. The van der Waals surface area contributed by atoms with Gasteiger partial charge >= 0.3 is 0 Å². The maximum absolute atomic E-state index is 13.1. The van der Waals surface area contributed by atoms with E-state index in [9.17, 15) is 4.79 Å². The average Bonchev–Trinajstić information content (AvgIpc) is 3.34. The Morgan fingerprint density at radius 3 is 2.17 bits per heavy atom. The van der Waals surface area contributed by atoms with Crippen molar-refractivity contribution in [2.45, 2.75) is 13.1 Å². The molecule has 120 valence electrons. The molecule has 0 saturated carbocycles. The number of amides is 1. The van der Waals surface area contributed by atoms with Crippen LogP contribution in [0.15, 0.2) is 65.4 Å². The number of aromatic amines is 1. The van der Waals surface area contributed by atoms with Crippen LogP contribution in [0.3, 0.4) is 0 Å². The smallest absolute Gasteiger partial charge is 0.270 e. The van der Waals surface area contributed by atoms with Crippen LogP contribution in [0.5, 0.6) is 0 Å². The molecular weight excluding hydrogens is 336 g/mol. The minimum atomic E-state index is 0.0352. The van der Waals surface area contributed by atoms with Crippen LogP contribution in [0.1, 0.15) is 20.2 Å². The predicted molar refractivity (Wildman–Crippen MR) is 101 cm³/mol. The number of carbonyl (C=O) groups excluding carboxylic acids is 1. The van der Waals surface area contributed by atoms with E-state index in [2.05, 4.69) is 17.1 Å². The Morgan fingerprint density at radius 1 is 0.917 bits per heavy atom. The highest BCUT2D eigenvalue weighted by Gasteiger charge is 2.19. The summed E-state index contributed by atoms with van der Waals surface area (Å²) in [5, 5.41) is 5.16. The summed E-state index contributed by atoms with van der Waals surface area (Å²) in [6.07, 6.45) is 0. The Balaban J connectivity index is 1.64. The lowest BCUT2D eigenvalue weighted by atomic mass is 10.2. The van der Waals surface area contributed by atoms with Crippen molar-refractivity contribution in [1.29, 1.82) is 0 Å². The Kier molecular flexibility index (Phi) is 4.19. The minimum absolute atomic E-state index is 0.0352. The zero-order valence-electron chi connectivity index (χ0n) is 12.9. The molecule has 3 heterocycles. The van der Waals surface area contributed by atoms with Gasteiger partial charge in [-0.05, 0) is 35.0 Å². The maximum atomic E-state index is 13.1. The third kappa shape index (κ3) is 3.13. The summed E-state index contributed by atoms with van der Waals surface area (Å²) in [4.78, 5) is 20.6. The number of carbonyl (C=O) groups is 1. The molecule has 4 rings (SSSR count). The predicted octanol–water partition coefficient (Wildman–Crippen LogP) is 5.13. The fraction of sp³-hybridized carbons (Fsp3) is 0.105. The molecule has 0 fully saturated rings. The molecule has 24 heavy (non-hydrogen) atoms. The van der Waals surface area contributed by atoms with Crippen LogP contribution in [0, 0.1) is 0 Å². The largest absolute Gasteiger partial charge is 0.351 e. The third-order valence-corrected chi connectivity index (χ3v) is 5.62. The van der Waals surface area contributed by atoms with Crippen molar-refractivity contribution in [3.63, 3.8) is 0 Å². The van der Waals surface area contributed by atoms with Crippen molar-refractivity contribution in [2.75, 3.05) is 0 Å². The van der Waals surface area contributed by atoms with Crippen molar-refractivity contribution >= 4 is 39.5 Å². The second kappa shape index (κ2) is 6.63. The van der Waals surface area contributed by atoms with Gasteiger partial charge in [0.25, 0.3) is 5.91 Å². The second-order valence-electron chi connectivity index (χ2n) is 5.59. The average molecular weight is 352 g/mol. The zero-order chi connectivity index (χ0) is 16.4. The molecule has 0 aliphatic heterocycles. The van der Waals surface area contributed by atoms with E-state index >= 15 is 0 Å². The summed E-state index contributed by atoms with van der Waals surface area (Å²) < 4.78 is 0. The highest BCUT2D eigenvalue weighted by molar-refractivity contribution is 7.10. The van der Waals surface area contributed by atoms with Gasteiger partial charge in [-0.25, -0.2) is 0 Å². The molecule has 3 aromatic heterocycles. The second-order valence-corrected chi connectivity index (χ2v) is 7.65. The first-order valence-electron chi connectivity index (χ1n) is 7.71. The number of hydrogen-bond donors (Lipinski definition) is 1. The van der Waals surface area contributed by atoms with E-state index in [4.69, 9.17) is 0 Å². The number of H-pyrrole nitrogens is 1. The van der Waals surface area contributed by atoms with Gasteiger partial charge < -0.3 is 9.88 Å². The number of nitrogens with one attached hydrogen (secondary N) is 1. The molecule has 1 amide bonds. The fourth-order valence-electron chi connectivity index (χ4n) is 2.74. The number of hydrogen-bond acceptors (Lipinski definition) is 3. The van der Waals surface area contributed by atoms with Crippen molar-refractivity contribution in [1.82, 2.24) is 9.88 Å². The van der Waals surface area contributed by atoms with Crippen LogP contribution in [-0.2, 0) is 13.1 Å². The molecule has 5 heteroatoms. The van der Waals surface area contributed by atoms with Crippen molar-refractivity contribution in [3.8, 4) is 0 Å². The quantitative estimate of drug-likeness (QED) is 0.531. The van der Waals surface area contributed by atoms with Crippen LogP contribution < -0.4 is 0 Å². The summed E-state index contributed by atoms with van der Waals surface area (Å²) in [6.45, 7) is 1.26. The molecule has 0 saturated heterocycles. The number of thiophene rings is 2. The van der Waals surface area contributed by atoms with Crippen LogP contribution in [0.2, 0.25) is 0 Å². The SMILES string of the molecule is O=C(c1cc2ccccc2[nH]1)N(Cc1cccs1)Cc1cccs1. The summed E-state index contributed by atoms with van der Waals surface area (Å²) >= 11 is 3.36. The molecule has 0 unspecified atom stereocenters. The summed E-state index contributed by atoms with van der Waals surface area (Å²) in [7, 11) is 0. The standard InChI is InChI=1S/C19H16N2OS2/c22-19(18-11-14-5-1-2-8-17(14)20-18)21(12-15-6-3-9-23-15)13-16-7-4-10-24-16/h1-11,20H,12-13H2. The molecule has 0 bridgehead atoms. The molecule has 3 nitrogen and oxygen atoms in total. The summed E-state index contributed by atoms with van der Waals surface area (Å²) in [5.41, 5.74) is 1.64. The van der Waals surface area contributed by atoms with Crippen molar-refractivity contribution < 1.29 is 4.79 Å². The van der Waals surface area contributed by atoms with Gasteiger partial charge in [0.1, 0.15) is 5.69 Å². The number of nitrogens with zero attached hydrogens (tertiary/aromatic N) is 1. The van der Waals surface area contributed by atoms with E-state index in [0.717, 1.165) is 10.9 Å². The zero-order valence-corrected chi connectivity index (χ0v) is 14.6. The van der Waals surface area contributed by atoms with E-state index in [0.29, 0.717) is 18.8 Å². The Morgan fingerprint density at radius 2 is 1.58 bits per heavy atom. The van der Waals surface area contributed by atoms with E-state index in [1.807, 2.05) is 58.1 Å². The molecule has 0 spiro atoms. The van der Waals surface area contributed by atoms with Gasteiger partial charge in [-0.1, -0.05) is 30.3 Å². The molecule has 0 radical (unpaired) electrons. The Hall–Kier alpha value is -2.37. The lowest BCUT2D eigenvalue weighted by Crippen LogP contribution is -2.29. The van der Waals surface area contributed by atoms with Gasteiger partial charge in [0, 0.05) is 20.7 Å². The fourth-order valence-corrected chi connectivity index (χ4v) is 4.18. The highest BCUT2D eigenvalue weighted by atomic mass is 32.1. The van der Waals surface area contributed by atoms with Gasteiger partial charge in [0.05, 0.1) is 13.1 Å². The third-order valence-electron chi connectivity index (χ3n) is 3.90. The first kappa shape index (κ1) is 15.2. The molecule has 4 aromatic rings. The van der Waals surface area contributed by atoms with Crippen LogP contribution in [-0.4, -0.2) is 15.8 Å². The normalized spacial score (nSPS) is 11.0. The van der Waals surface area contributed by atoms with E-state index in [1.165, 1.54) is 9.75 Å². The van der Waals surface area contributed by atoms with Crippen molar-refractivity contribution in [2.24, 2.45) is 0 Å². The van der Waals surface area contributed by atoms with E-state index in [-0.39, 0.29) is 5.91 Å². The van der Waals surface area contributed by atoms with Crippen LogP contribution in [0.4, 0.5) is 0 Å². The monoisotopic (exact) mass is 352 g/mol. The lowest BCUT2D eigenvalue weighted by Gasteiger charge is -2.21. The number of aromatic nitrogens is 1. The highest BCUT2D eigenvalue weighted by Crippen LogP contribution is 2.21. The molecule has 0 atom stereocenters. The minimum Gasteiger partial charge on any atom is -0.351 e. The molecular formula is C19H16N2OS2.